The van der Waals surface area contributed by atoms with Crippen LogP contribution in [-0.2, 0) is 4.79 Å². The smallest absolute Gasteiger partial charge is 0.251 e. The zero-order valence-corrected chi connectivity index (χ0v) is 7.55. The maximum absolute atomic E-state index is 11.4. The molecule has 1 atom stereocenters. The van der Waals surface area contributed by atoms with Crippen molar-refractivity contribution in [3.8, 4) is 0 Å². The normalized spacial score (nSPS) is 29.3. The van der Waals surface area contributed by atoms with Crippen molar-refractivity contribution in [3.63, 3.8) is 0 Å². The highest BCUT2D eigenvalue weighted by atomic mass is 16.5. The molecule has 1 aliphatic rings. The van der Waals surface area contributed by atoms with Crippen LogP contribution in [0.25, 0.3) is 0 Å². The zero-order valence-electron chi connectivity index (χ0n) is 7.55. The number of carbonyl (C=O) groups is 1. The van der Waals surface area contributed by atoms with Crippen molar-refractivity contribution in [2.45, 2.75) is 20.3 Å². The molecule has 12 heavy (non-hydrogen) atoms. The molecule has 0 aromatic heterocycles. The number of hydroxylamine groups is 1. The van der Waals surface area contributed by atoms with E-state index in [4.69, 9.17) is 5.21 Å². The van der Waals surface area contributed by atoms with Gasteiger partial charge in [0.15, 0.2) is 0 Å². The van der Waals surface area contributed by atoms with Gasteiger partial charge in [-0.3, -0.25) is 10.0 Å². The van der Waals surface area contributed by atoms with E-state index in [1.54, 1.807) is 5.48 Å². The second-order valence-corrected chi connectivity index (χ2v) is 3.68. The Morgan fingerprint density at radius 3 is 2.67 bits per heavy atom. The van der Waals surface area contributed by atoms with Crippen molar-refractivity contribution >= 4 is 5.91 Å². The SMILES string of the molecule is CC(C)C1(C(=O)NO)CCNC1. The molecule has 0 aliphatic carbocycles. The monoisotopic (exact) mass is 172 g/mol. The lowest BCUT2D eigenvalue weighted by Crippen LogP contribution is -2.44. The summed E-state index contributed by atoms with van der Waals surface area (Å²) >= 11 is 0. The fraction of sp³-hybridized carbons (Fsp3) is 0.875. The average Bonchev–Trinajstić information content (AvgIpc) is 2.52. The minimum Gasteiger partial charge on any atom is -0.316 e. The molecule has 3 N–H and O–H groups in total. The summed E-state index contributed by atoms with van der Waals surface area (Å²) in [6.07, 6.45) is 0.803. The minimum absolute atomic E-state index is 0.250. The summed E-state index contributed by atoms with van der Waals surface area (Å²) in [4.78, 5) is 11.4. The molecule has 1 unspecified atom stereocenters. The van der Waals surface area contributed by atoms with E-state index < -0.39 is 5.41 Å². The van der Waals surface area contributed by atoms with Gasteiger partial charge < -0.3 is 5.32 Å². The lowest BCUT2D eigenvalue weighted by molar-refractivity contribution is -0.141. The number of rotatable bonds is 2. The third-order valence-corrected chi connectivity index (χ3v) is 2.85. The van der Waals surface area contributed by atoms with Crippen LogP contribution in [0.3, 0.4) is 0 Å². The molecule has 0 spiro atoms. The number of nitrogens with one attached hydrogen (secondary N) is 2. The van der Waals surface area contributed by atoms with E-state index in [9.17, 15) is 4.79 Å². The Kier molecular flexibility index (Phi) is 2.69. The van der Waals surface area contributed by atoms with Crippen LogP contribution in [-0.4, -0.2) is 24.2 Å². The predicted molar refractivity (Wildman–Crippen MR) is 44.7 cm³/mol. The van der Waals surface area contributed by atoms with Crippen LogP contribution in [0.4, 0.5) is 0 Å². The summed E-state index contributed by atoms with van der Waals surface area (Å²) in [5.74, 6) is -0.0119. The van der Waals surface area contributed by atoms with Gasteiger partial charge in [-0.05, 0) is 18.9 Å². The molecule has 1 amide bonds. The van der Waals surface area contributed by atoms with E-state index in [1.165, 1.54) is 0 Å². The zero-order chi connectivity index (χ0) is 9.19. The van der Waals surface area contributed by atoms with Crippen molar-refractivity contribution in [2.24, 2.45) is 11.3 Å². The standard InChI is InChI=1S/C8H16N2O2/c1-6(2)8(7(11)10-12)3-4-9-5-8/h6,9,12H,3-5H2,1-2H3,(H,10,11). The van der Waals surface area contributed by atoms with Crippen LogP contribution in [0.1, 0.15) is 20.3 Å². The molecular formula is C8H16N2O2. The molecule has 0 aromatic rings. The Hall–Kier alpha value is -0.610. The fourth-order valence-corrected chi connectivity index (χ4v) is 1.77. The summed E-state index contributed by atoms with van der Waals surface area (Å²) < 4.78 is 0. The number of amides is 1. The lowest BCUT2D eigenvalue weighted by atomic mass is 9.76. The second-order valence-electron chi connectivity index (χ2n) is 3.68. The van der Waals surface area contributed by atoms with Crippen molar-refractivity contribution in [1.82, 2.24) is 10.8 Å². The van der Waals surface area contributed by atoms with Gasteiger partial charge in [-0.25, -0.2) is 5.48 Å². The van der Waals surface area contributed by atoms with Crippen LogP contribution in [0.2, 0.25) is 0 Å². The summed E-state index contributed by atoms with van der Waals surface area (Å²) in [6, 6.07) is 0. The molecule has 1 rings (SSSR count). The minimum atomic E-state index is -0.408. The first-order valence-electron chi connectivity index (χ1n) is 4.29. The average molecular weight is 172 g/mol. The molecule has 0 saturated carbocycles. The lowest BCUT2D eigenvalue weighted by Gasteiger charge is -2.29. The molecule has 1 aliphatic heterocycles. The van der Waals surface area contributed by atoms with E-state index in [-0.39, 0.29) is 11.8 Å². The highest BCUT2D eigenvalue weighted by molar-refractivity contribution is 5.82. The molecule has 0 bridgehead atoms. The molecule has 0 radical (unpaired) electrons. The number of hydrogen-bond donors (Lipinski definition) is 3. The van der Waals surface area contributed by atoms with Crippen LogP contribution >= 0.6 is 0 Å². The van der Waals surface area contributed by atoms with Crippen LogP contribution in [0.15, 0.2) is 0 Å². The van der Waals surface area contributed by atoms with E-state index >= 15 is 0 Å². The van der Waals surface area contributed by atoms with Gasteiger partial charge in [0.1, 0.15) is 0 Å². The maximum atomic E-state index is 11.4. The van der Waals surface area contributed by atoms with Crippen molar-refractivity contribution in [2.75, 3.05) is 13.1 Å². The highest BCUT2D eigenvalue weighted by Gasteiger charge is 2.43. The molecule has 1 fully saturated rings. The van der Waals surface area contributed by atoms with Crippen LogP contribution in [0, 0.1) is 11.3 Å². The molecule has 70 valence electrons. The van der Waals surface area contributed by atoms with E-state index in [2.05, 4.69) is 5.32 Å². The van der Waals surface area contributed by atoms with E-state index in [0.717, 1.165) is 13.0 Å². The Bertz CT molecular complexity index is 174. The molecule has 1 saturated heterocycles. The molecular weight excluding hydrogens is 156 g/mol. The van der Waals surface area contributed by atoms with Gasteiger partial charge in [-0.1, -0.05) is 13.8 Å². The van der Waals surface area contributed by atoms with Gasteiger partial charge >= 0.3 is 0 Å². The third kappa shape index (κ3) is 1.32. The van der Waals surface area contributed by atoms with Gasteiger partial charge in [-0.2, -0.15) is 0 Å². The fourth-order valence-electron chi connectivity index (χ4n) is 1.77. The van der Waals surface area contributed by atoms with Gasteiger partial charge in [-0.15, -0.1) is 0 Å². The first-order chi connectivity index (χ1) is 5.63. The molecule has 4 nitrogen and oxygen atoms in total. The Morgan fingerprint density at radius 1 is 1.67 bits per heavy atom. The number of carbonyl (C=O) groups excluding carboxylic acids is 1. The van der Waals surface area contributed by atoms with Crippen molar-refractivity contribution in [3.05, 3.63) is 0 Å². The summed E-state index contributed by atoms with van der Waals surface area (Å²) in [5.41, 5.74) is 1.34. The Balaban J connectivity index is 2.78. The maximum Gasteiger partial charge on any atom is 0.251 e. The Labute approximate surface area is 72.3 Å². The highest BCUT2D eigenvalue weighted by Crippen LogP contribution is 2.33. The quantitative estimate of drug-likeness (QED) is 0.410. The van der Waals surface area contributed by atoms with E-state index in [0.29, 0.717) is 6.54 Å². The summed E-state index contributed by atoms with van der Waals surface area (Å²) in [6.45, 7) is 5.52. The third-order valence-electron chi connectivity index (χ3n) is 2.85. The largest absolute Gasteiger partial charge is 0.316 e. The second kappa shape index (κ2) is 3.41. The first-order valence-corrected chi connectivity index (χ1v) is 4.29. The van der Waals surface area contributed by atoms with Gasteiger partial charge in [0, 0.05) is 6.54 Å². The molecule has 1 heterocycles. The molecule has 0 aromatic carbocycles. The van der Waals surface area contributed by atoms with Crippen LogP contribution < -0.4 is 10.8 Å². The number of hydrogen-bond acceptors (Lipinski definition) is 3. The first kappa shape index (κ1) is 9.48. The van der Waals surface area contributed by atoms with Crippen LogP contribution in [0.5, 0.6) is 0 Å². The van der Waals surface area contributed by atoms with Crippen molar-refractivity contribution in [1.29, 1.82) is 0 Å². The summed E-state index contributed by atoms with van der Waals surface area (Å²) in [5, 5.41) is 11.7. The van der Waals surface area contributed by atoms with Crippen molar-refractivity contribution < 1.29 is 10.0 Å². The van der Waals surface area contributed by atoms with E-state index in [1.807, 2.05) is 13.8 Å². The summed E-state index contributed by atoms with van der Waals surface area (Å²) in [7, 11) is 0. The predicted octanol–water partition coefficient (Wildman–Crippen LogP) is 0.128. The Morgan fingerprint density at radius 2 is 2.33 bits per heavy atom. The van der Waals surface area contributed by atoms with Gasteiger partial charge in [0.25, 0.3) is 5.91 Å². The topological polar surface area (TPSA) is 61.4 Å². The van der Waals surface area contributed by atoms with Gasteiger partial charge in [0.2, 0.25) is 0 Å². The molecule has 4 heteroatoms. The van der Waals surface area contributed by atoms with Gasteiger partial charge in [0.05, 0.1) is 5.41 Å².